The van der Waals surface area contributed by atoms with Gasteiger partial charge in [-0.2, -0.15) is 8.78 Å². The molecule has 106 valence electrons. The van der Waals surface area contributed by atoms with Crippen LogP contribution >= 0.6 is 11.8 Å². The molecule has 1 N–H and O–H groups in total. The largest absolute Gasteiger partial charge is 0.508 e. The first-order chi connectivity index (χ1) is 9.41. The van der Waals surface area contributed by atoms with Gasteiger partial charge in [0.25, 0.3) is 0 Å². The number of aromatic hydroxyl groups is 1. The average molecular weight is 316 g/mol. The summed E-state index contributed by atoms with van der Waals surface area (Å²) in [7, 11) is -4.65. The van der Waals surface area contributed by atoms with E-state index in [9.17, 15) is 22.3 Å². The van der Waals surface area contributed by atoms with Crippen molar-refractivity contribution in [2.24, 2.45) is 0 Å². The lowest BCUT2D eigenvalue weighted by Gasteiger charge is -2.09. The van der Waals surface area contributed by atoms with Crippen molar-refractivity contribution in [3.05, 3.63) is 48.5 Å². The van der Waals surface area contributed by atoms with Crippen LogP contribution in [0, 0.1) is 0 Å². The summed E-state index contributed by atoms with van der Waals surface area (Å²) in [5.74, 6) is -3.45. The summed E-state index contributed by atoms with van der Waals surface area (Å²) in [5, 5.41) is 9.36. The van der Waals surface area contributed by atoms with E-state index in [0.29, 0.717) is 4.90 Å². The predicted molar refractivity (Wildman–Crippen MR) is 71.9 cm³/mol. The number of benzene rings is 2. The average Bonchev–Trinajstić information content (AvgIpc) is 2.39. The number of rotatable bonds is 4. The highest BCUT2D eigenvalue weighted by molar-refractivity contribution is 8.00. The zero-order chi connectivity index (χ0) is 14.8. The minimum Gasteiger partial charge on any atom is -0.508 e. The molecule has 0 aliphatic rings. The van der Waals surface area contributed by atoms with Crippen molar-refractivity contribution < 1.29 is 22.3 Å². The third-order valence-corrected chi connectivity index (χ3v) is 5.07. The molecule has 2 aromatic carbocycles. The van der Waals surface area contributed by atoms with Crippen LogP contribution in [0.1, 0.15) is 0 Å². The molecule has 0 saturated heterocycles. The van der Waals surface area contributed by atoms with Crippen LogP contribution in [-0.2, 0) is 9.84 Å². The molecule has 3 nitrogen and oxygen atoms in total. The van der Waals surface area contributed by atoms with Gasteiger partial charge in [-0.1, -0.05) is 30.0 Å². The Morgan fingerprint density at radius 1 is 1.05 bits per heavy atom. The topological polar surface area (TPSA) is 54.4 Å². The Bertz CT molecular complexity index is 715. The van der Waals surface area contributed by atoms with Gasteiger partial charge in [-0.15, -0.1) is 0 Å². The zero-order valence-electron chi connectivity index (χ0n) is 10.0. The van der Waals surface area contributed by atoms with Crippen LogP contribution < -0.4 is 0 Å². The summed E-state index contributed by atoms with van der Waals surface area (Å²) in [6, 6.07) is 11.7. The maximum Gasteiger partial charge on any atom is 0.341 e. The molecule has 0 fully saturated rings. The fraction of sp³-hybridized carbons (Fsp3) is 0.0769. The molecule has 2 aromatic rings. The molecule has 0 heterocycles. The number of hydrogen-bond donors (Lipinski definition) is 1. The van der Waals surface area contributed by atoms with Crippen LogP contribution in [0.15, 0.2) is 63.2 Å². The molecule has 0 saturated carbocycles. The lowest BCUT2D eigenvalue weighted by molar-refractivity contribution is 0.234. The number of halogens is 2. The second-order valence-electron chi connectivity index (χ2n) is 3.85. The highest BCUT2D eigenvalue weighted by Crippen LogP contribution is 2.35. The van der Waals surface area contributed by atoms with Gasteiger partial charge >= 0.3 is 5.76 Å². The van der Waals surface area contributed by atoms with Crippen molar-refractivity contribution in [3.8, 4) is 5.75 Å². The molecule has 20 heavy (non-hydrogen) atoms. The molecule has 0 aliphatic carbocycles. The monoisotopic (exact) mass is 316 g/mol. The van der Waals surface area contributed by atoms with Crippen LogP contribution in [-0.4, -0.2) is 19.3 Å². The Balaban J connectivity index is 2.44. The molecule has 2 rings (SSSR count). The van der Waals surface area contributed by atoms with E-state index < -0.39 is 20.5 Å². The minimum atomic E-state index is -4.65. The quantitative estimate of drug-likeness (QED) is 0.937. The number of phenolic OH excluding ortho intramolecular Hbond substituents is 1. The number of sulfone groups is 1. The van der Waals surface area contributed by atoms with Crippen molar-refractivity contribution >= 4 is 21.6 Å². The summed E-state index contributed by atoms with van der Waals surface area (Å²) >= 11 is 1.00. The van der Waals surface area contributed by atoms with Gasteiger partial charge in [0.15, 0.2) is 0 Å². The van der Waals surface area contributed by atoms with E-state index in [1.54, 1.807) is 18.2 Å². The molecule has 0 aromatic heterocycles. The second-order valence-corrected chi connectivity index (χ2v) is 6.85. The van der Waals surface area contributed by atoms with Gasteiger partial charge in [-0.25, -0.2) is 8.42 Å². The maximum atomic E-state index is 12.6. The molecular weight excluding hydrogens is 306 g/mol. The summed E-state index contributed by atoms with van der Waals surface area (Å²) < 4.78 is 48.5. The highest BCUT2D eigenvalue weighted by Gasteiger charge is 2.29. The molecular formula is C13H10F2O3S2. The van der Waals surface area contributed by atoms with Gasteiger partial charge in [-0.3, -0.25) is 0 Å². The highest BCUT2D eigenvalue weighted by atomic mass is 32.2. The van der Waals surface area contributed by atoms with Gasteiger partial charge in [0.2, 0.25) is 9.84 Å². The molecule has 0 atom stereocenters. The first kappa shape index (κ1) is 14.8. The third-order valence-electron chi connectivity index (χ3n) is 2.44. The first-order valence-electron chi connectivity index (χ1n) is 5.49. The molecule has 0 aliphatic heterocycles. The van der Waals surface area contributed by atoms with Gasteiger partial charge in [0.05, 0.1) is 4.90 Å². The zero-order valence-corrected chi connectivity index (χ0v) is 11.7. The lowest BCUT2D eigenvalue weighted by Crippen LogP contribution is -2.12. The van der Waals surface area contributed by atoms with Gasteiger partial charge < -0.3 is 5.11 Å². The summed E-state index contributed by atoms with van der Waals surface area (Å²) in [6.45, 7) is 0. The second kappa shape index (κ2) is 5.80. The fourth-order valence-electron chi connectivity index (χ4n) is 1.54. The number of alkyl halides is 2. The van der Waals surface area contributed by atoms with Crippen LogP contribution in [0.3, 0.4) is 0 Å². The van der Waals surface area contributed by atoms with E-state index in [-0.39, 0.29) is 10.6 Å². The Labute approximate surface area is 119 Å². The van der Waals surface area contributed by atoms with Crippen molar-refractivity contribution in [1.82, 2.24) is 0 Å². The van der Waals surface area contributed by atoms with Crippen LogP contribution in [0.2, 0.25) is 0 Å². The van der Waals surface area contributed by atoms with Crippen molar-refractivity contribution in [3.63, 3.8) is 0 Å². The lowest BCUT2D eigenvalue weighted by atomic mass is 10.3. The normalized spacial score (nSPS) is 11.8. The predicted octanol–water partition coefficient (Wildman–Crippen LogP) is 3.54. The Morgan fingerprint density at radius 3 is 2.40 bits per heavy atom. The number of hydrogen-bond acceptors (Lipinski definition) is 4. The Morgan fingerprint density at radius 2 is 1.75 bits per heavy atom. The third kappa shape index (κ3) is 3.10. The van der Waals surface area contributed by atoms with Gasteiger partial charge in [0, 0.05) is 9.79 Å². The Hall–Kier alpha value is -1.60. The smallest absolute Gasteiger partial charge is 0.341 e. The van der Waals surface area contributed by atoms with E-state index in [2.05, 4.69) is 0 Å². The van der Waals surface area contributed by atoms with Gasteiger partial charge in [-0.05, 0) is 30.3 Å². The standard InChI is InChI=1S/C13H10F2O3S2/c14-13(15)20(17,18)12-7-2-1-6-11(12)19-10-5-3-4-9(16)8-10/h1-8,13,16H. The van der Waals surface area contributed by atoms with Crippen molar-refractivity contribution in [2.75, 3.05) is 0 Å². The molecule has 0 spiro atoms. The molecule has 0 bridgehead atoms. The van der Waals surface area contributed by atoms with Crippen molar-refractivity contribution in [1.29, 1.82) is 0 Å². The fourth-order valence-corrected chi connectivity index (χ4v) is 3.72. The van der Waals surface area contributed by atoms with Crippen LogP contribution in [0.4, 0.5) is 8.78 Å². The SMILES string of the molecule is O=S(=O)(c1ccccc1Sc1cccc(O)c1)C(F)F. The summed E-state index contributed by atoms with van der Waals surface area (Å²) in [4.78, 5) is 0.337. The van der Waals surface area contributed by atoms with E-state index in [0.717, 1.165) is 17.8 Å². The van der Waals surface area contributed by atoms with Gasteiger partial charge in [0.1, 0.15) is 5.75 Å². The molecule has 0 radical (unpaired) electrons. The maximum absolute atomic E-state index is 12.6. The van der Waals surface area contributed by atoms with E-state index in [1.807, 2.05) is 0 Å². The van der Waals surface area contributed by atoms with E-state index in [4.69, 9.17) is 0 Å². The summed E-state index contributed by atoms with van der Waals surface area (Å²) in [5.41, 5.74) is 0. The molecule has 7 heteroatoms. The van der Waals surface area contributed by atoms with Crippen molar-refractivity contribution in [2.45, 2.75) is 20.4 Å². The van der Waals surface area contributed by atoms with Crippen LogP contribution in [0.5, 0.6) is 5.75 Å². The minimum absolute atomic E-state index is 0.0178. The van der Waals surface area contributed by atoms with E-state index in [1.165, 1.54) is 24.3 Å². The molecule has 0 amide bonds. The number of phenols is 1. The molecule has 0 unspecified atom stereocenters. The Kier molecular flexibility index (Phi) is 4.29. The van der Waals surface area contributed by atoms with E-state index >= 15 is 0 Å². The van der Waals surface area contributed by atoms with Crippen LogP contribution in [0.25, 0.3) is 0 Å². The summed E-state index contributed by atoms with van der Waals surface area (Å²) in [6.07, 6.45) is 0. The first-order valence-corrected chi connectivity index (χ1v) is 7.85.